The SMILES string of the molecule is CC(C)N1N=C(C(=O)NC[C@H]2CCC[C@@H](CO)C2)CCC1=O. The second kappa shape index (κ2) is 7.72. The zero-order valence-electron chi connectivity index (χ0n) is 13.5. The normalized spacial score (nSPS) is 26.1. The van der Waals surface area contributed by atoms with Crippen LogP contribution in [0.25, 0.3) is 0 Å². The Morgan fingerprint density at radius 1 is 1.36 bits per heavy atom. The number of hydrazone groups is 1. The lowest BCUT2D eigenvalue weighted by molar-refractivity contribution is -0.133. The van der Waals surface area contributed by atoms with Crippen molar-refractivity contribution in [1.29, 1.82) is 0 Å². The Morgan fingerprint density at radius 2 is 2.09 bits per heavy atom. The lowest BCUT2D eigenvalue weighted by Gasteiger charge is -2.29. The summed E-state index contributed by atoms with van der Waals surface area (Å²) in [5.74, 6) is 0.618. The molecule has 2 amide bonds. The van der Waals surface area contributed by atoms with Gasteiger partial charge in [0.15, 0.2) is 0 Å². The van der Waals surface area contributed by atoms with Gasteiger partial charge in [-0.05, 0) is 44.9 Å². The lowest BCUT2D eigenvalue weighted by atomic mass is 9.82. The summed E-state index contributed by atoms with van der Waals surface area (Å²) in [6, 6.07) is -0.0285. The summed E-state index contributed by atoms with van der Waals surface area (Å²) in [7, 11) is 0. The molecule has 0 radical (unpaired) electrons. The van der Waals surface area contributed by atoms with Crippen LogP contribution in [0.4, 0.5) is 0 Å². The standard InChI is InChI=1S/C16H27N3O3/c1-11(2)19-15(21)7-6-14(18-19)16(22)17-9-12-4-3-5-13(8-12)10-20/h11-13,20H,3-10H2,1-2H3,(H,17,22)/t12-,13+/m0/s1. The van der Waals surface area contributed by atoms with Gasteiger partial charge in [-0.3, -0.25) is 9.59 Å². The van der Waals surface area contributed by atoms with Crippen LogP contribution < -0.4 is 5.32 Å². The van der Waals surface area contributed by atoms with E-state index in [1.807, 2.05) is 13.8 Å². The van der Waals surface area contributed by atoms with E-state index < -0.39 is 0 Å². The number of nitrogens with one attached hydrogen (secondary N) is 1. The minimum Gasteiger partial charge on any atom is -0.396 e. The number of carbonyl (C=O) groups is 2. The lowest BCUT2D eigenvalue weighted by Crippen LogP contribution is -2.42. The maximum Gasteiger partial charge on any atom is 0.267 e. The number of aliphatic hydroxyl groups is 1. The molecule has 2 aliphatic rings. The van der Waals surface area contributed by atoms with Gasteiger partial charge in [-0.25, -0.2) is 5.01 Å². The van der Waals surface area contributed by atoms with Crippen LogP contribution in [0.5, 0.6) is 0 Å². The molecule has 1 aliphatic heterocycles. The summed E-state index contributed by atoms with van der Waals surface area (Å²) in [5, 5.41) is 17.8. The predicted molar refractivity (Wildman–Crippen MR) is 84.2 cm³/mol. The summed E-state index contributed by atoms with van der Waals surface area (Å²) in [4.78, 5) is 24.0. The Labute approximate surface area is 131 Å². The van der Waals surface area contributed by atoms with E-state index in [0.717, 1.165) is 25.7 Å². The van der Waals surface area contributed by atoms with Crippen LogP contribution in [0.2, 0.25) is 0 Å². The average Bonchev–Trinajstić information content (AvgIpc) is 2.53. The first-order chi connectivity index (χ1) is 10.5. The van der Waals surface area contributed by atoms with Gasteiger partial charge < -0.3 is 10.4 Å². The largest absolute Gasteiger partial charge is 0.396 e. The highest BCUT2D eigenvalue weighted by Gasteiger charge is 2.27. The van der Waals surface area contributed by atoms with Crippen molar-refractivity contribution in [3.05, 3.63) is 0 Å². The zero-order valence-corrected chi connectivity index (χ0v) is 13.5. The first kappa shape index (κ1) is 16.9. The Bertz CT molecular complexity index is 448. The van der Waals surface area contributed by atoms with Crippen LogP contribution in [0.15, 0.2) is 5.10 Å². The average molecular weight is 309 g/mol. The van der Waals surface area contributed by atoms with Crippen molar-refractivity contribution in [1.82, 2.24) is 10.3 Å². The van der Waals surface area contributed by atoms with Crippen LogP contribution in [-0.2, 0) is 9.59 Å². The van der Waals surface area contributed by atoms with Gasteiger partial charge in [0.1, 0.15) is 5.71 Å². The molecule has 0 bridgehead atoms. The van der Waals surface area contributed by atoms with E-state index in [-0.39, 0.29) is 24.5 Å². The molecule has 124 valence electrons. The molecule has 0 saturated heterocycles. The topological polar surface area (TPSA) is 82.0 Å². The molecule has 2 atom stereocenters. The quantitative estimate of drug-likeness (QED) is 0.803. The van der Waals surface area contributed by atoms with Crippen LogP contribution in [0, 0.1) is 11.8 Å². The molecule has 1 heterocycles. The van der Waals surface area contributed by atoms with Gasteiger partial charge in [-0.15, -0.1) is 0 Å². The molecular formula is C16H27N3O3. The van der Waals surface area contributed by atoms with Crippen LogP contribution in [-0.4, -0.2) is 46.8 Å². The second-order valence-electron chi connectivity index (χ2n) is 6.67. The van der Waals surface area contributed by atoms with Gasteiger partial charge >= 0.3 is 0 Å². The van der Waals surface area contributed by atoms with Crippen molar-refractivity contribution < 1.29 is 14.7 Å². The molecule has 0 aromatic rings. The van der Waals surface area contributed by atoms with E-state index in [1.54, 1.807) is 0 Å². The Hall–Kier alpha value is -1.43. The fourth-order valence-electron chi connectivity index (χ4n) is 3.23. The molecule has 2 N–H and O–H groups in total. The number of hydrogen-bond donors (Lipinski definition) is 2. The smallest absolute Gasteiger partial charge is 0.267 e. The van der Waals surface area contributed by atoms with E-state index in [1.165, 1.54) is 5.01 Å². The number of hydrogen-bond acceptors (Lipinski definition) is 4. The van der Waals surface area contributed by atoms with Crippen molar-refractivity contribution in [2.45, 2.75) is 58.4 Å². The van der Waals surface area contributed by atoms with Gasteiger partial charge in [-0.1, -0.05) is 6.42 Å². The van der Waals surface area contributed by atoms with Crippen molar-refractivity contribution in [2.24, 2.45) is 16.9 Å². The third-order valence-corrected chi connectivity index (χ3v) is 4.51. The van der Waals surface area contributed by atoms with Crippen molar-refractivity contribution in [3.63, 3.8) is 0 Å². The minimum absolute atomic E-state index is 0.0235. The highest BCUT2D eigenvalue weighted by molar-refractivity contribution is 6.39. The zero-order chi connectivity index (χ0) is 16.1. The number of carbonyl (C=O) groups excluding carboxylic acids is 2. The van der Waals surface area contributed by atoms with Gasteiger partial charge in [0.2, 0.25) is 5.91 Å². The molecular weight excluding hydrogens is 282 g/mol. The fraction of sp³-hybridized carbons (Fsp3) is 0.812. The molecule has 1 aliphatic carbocycles. The van der Waals surface area contributed by atoms with Gasteiger partial charge in [-0.2, -0.15) is 5.10 Å². The summed E-state index contributed by atoms with van der Waals surface area (Å²) in [5.41, 5.74) is 0.447. The molecule has 6 nitrogen and oxygen atoms in total. The third kappa shape index (κ3) is 4.29. The Morgan fingerprint density at radius 3 is 2.77 bits per heavy atom. The minimum atomic E-state index is -0.163. The molecule has 1 saturated carbocycles. The molecule has 6 heteroatoms. The third-order valence-electron chi connectivity index (χ3n) is 4.51. The molecule has 22 heavy (non-hydrogen) atoms. The maximum absolute atomic E-state index is 12.2. The Kier molecular flexibility index (Phi) is 5.94. The first-order valence-electron chi connectivity index (χ1n) is 8.29. The van der Waals surface area contributed by atoms with E-state index in [2.05, 4.69) is 10.4 Å². The van der Waals surface area contributed by atoms with Crippen molar-refractivity contribution in [3.8, 4) is 0 Å². The van der Waals surface area contributed by atoms with E-state index in [9.17, 15) is 14.7 Å². The van der Waals surface area contributed by atoms with Gasteiger partial charge in [0, 0.05) is 32.0 Å². The number of rotatable bonds is 5. The summed E-state index contributed by atoms with van der Waals surface area (Å²) in [6.07, 6.45) is 5.03. The molecule has 0 unspecified atom stereocenters. The first-order valence-corrected chi connectivity index (χ1v) is 8.29. The van der Waals surface area contributed by atoms with E-state index in [4.69, 9.17) is 0 Å². The maximum atomic E-state index is 12.2. The van der Waals surface area contributed by atoms with E-state index in [0.29, 0.717) is 36.9 Å². The summed E-state index contributed by atoms with van der Waals surface area (Å²) < 4.78 is 0. The summed E-state index contributed by atoms with van der Waals surface area (Å²) in [6.45, 7) is 4.64. The van der Waals surface area contributed by atoms with Crippen LogP contribution in [0.1, 0.15) is 52.4 Å². The van der Waals surface area contributed by atoms with E-state index >= 15 is 0 Å². The highest BCUT2D eigenvalue weighted by Crippen LogP contribution is 2.28. The monoisotopic (exact) mass is 309 g/mol. The van der Waals surface area contributed by atoms with Crippen LogP contribution in [0.3, 0.4) is 0 Å². The molecule has 0 aromatic heterocycles. The fourth-order valence-corrected chi connectivity index (χ4v) is 3.23. The second-order valence-corrected chi connectivity index (χ2v) is 6.67. The molecule has 1 fully saturated rings. The van der Waals surface area contributed by atoms with Crippen molar-refractivity contribution >= 4 is 17.5 Å². The molecule has 0 aromatic carbocycles. The van der Waals surface area contributed by atoms with Gasteiger partial charge in [0.05, 0.1) is 0 Å². The Balaban J connectivity index is 1.86. The van der Waals surface area contributed by atoms with Gasteiger partial charge in [0.25, 0.3) is 5.91 Å². The number of amides is 2. The summed E-state index contributed by atoms with van der Waals surface area (Å²) >= 11 is 0. The van der Waals surface area contributed by atoms with Crippen LogP contribution >= 0.6 is 0 Å². The van der Waals surface area contributed by atoms with Crippen molar-refractivity contribution in [2.75, 3.05) is 13.2 Å². The highest BCUT2D eigenvalue weighted by atomic mass is 16.3. The molecule has 2 rings (SSSR count). The predicted octanol–water partition coefficient (Wildman–Crippen LogP) is 1.29. The number of nitrogens with zero attached hydrogens (tertiary/aromatic N) is 2. The molecule has 0 spiro atoms. The number of aliphatic hydroxyl groups excluding tert-OH is 1.